The molecule has 0 aliphatic heterocycles. The molecule has 2 aromatic carbocycles. The molecule has 0 fully saturated rings. The van der Waals surface area contributed by atoms with E-state index in [1.54, 1.807) is 37.3 Å². The van der Waals surface area contributed by atoms with Gasteiger partial charge in [-0.1, -0.05) is 59.5 Å². The predicted octanol–water partition coefficient (Wildman–Crippen LogP) is 4.50. The van der Waals surface area contributed by atoms with Gasteiger partial charge in [-0.3, -0.25) is 0 Å². The van der Waals surface area contributed by atoms with E-state index in [0.29, 0.717) is 15.6 Å². The van der Waals surface area contributed by atoms with Gasteiger partial charge in [-0.15, -0.1) is 6.42 Å². The summed E-state index contributed by atoms with van der Waals surface area (Å²) in [7, 11) is 0. The zero-order valence-corrected chi connectivity index (χ0v) is 11.8. The minimum absolute atomic E-state index is 0.587. The van der Waals surface area contributed by atoms with Crippen LogP contribution < -0.4 is 0 Å². The van der Waals surface area contributed by atoms with Gasteiger partial charge in [0.1, 0.15) is 5.60 Å². The maximum Gasteiger partial charge on any atom is 0.147 e. The zero-order valence-electron chi connectivity index (χ0n) is 10.3. The standard InChI is InChI=1S/C16H12Cl2O/c1-3-16(2,19)12-9-7-11(8-10-12)15-13(17)5-4-6-14(15)18/h1,4-10,19H,2H3. The number of hydrogen-bond acceptors (Lipinski definition) is 1. The smallest absolute Gasteiger partial charge is 0.147 e. The highest BCUT2D eigenvalue weighted by atomic mass is 35.5. The fourth-order valence-corrected chi connectivity index (χ4v) is 2.43. The molecular weight excluding hydrogens is 279 g/mol. The van der Waals surface area contributed by atoms with Gasteiger partial charge in [-0.05, 0) is 30.2 Å². The Balaban J connectivity index is 2.48. The van der Waals surface area contributed by atoms with Crippen LogP contribution >= 0.6 is 23.2 Å². The van der Waals surface area contributed by atoms with Crippen LogP contribution in [0.25, 0.3) is 11.1 Å². The molecule has 0 aromatic heterocycles. The molecule has 1 N–H and O–H groups in total. The average Bonchev–Trinajstić information content (AvgIpc) is 2.39. The fraction of sp³-hybridized carbons (Fsp3) is 0.125. The van der Waals surface area contributed by atoms with Crippen LogP contribution in [0.2, 0.25) is 10.0 Å². The van der Waals surface area contributed by atoms with Gasteiger partial charge in [0.2, 0.25) is 0 Å². The number of aliphatic hydroxyl groups is 1. The van der Waals surface area contributed by atoms with Crippen LogP contribution in [0.15, 0.2) is 42.5 Å². The summed E-state index contributed by atoms with van der Waals surface area (Å²) in [5, 5.41) is 11.2. The molecule has 0 spiro atoms. The van der Waals surface area contributed by atoms with E-state index < -0.39 is 5.60 Å². The molecule has 19 heavy (non-hydrogen) atoms. The Morgan fingerprint density at radius 2 is 1.58 bits per heavy atom. The van der Waals surface area contributed by atoms with E-state index in [2.05, 4.69) is 5.92 Å². The Kier molecular flexibility index (Phi) is 3.87. The SMILES string of the molecule is C#CC(C)(O)c1ccc(-c2c(Cl)cccc2Cl)cc1. The molecule has 0 amide bonds. The highest BCUT2D eigenvalue weighted by molar-refractivity contribution is 6.39. The van der Waals surface area contributed by atoms with Crippen molar-refractivity contribution in [3.63, 3.8) is 0 Å². The Hall–Kier alpha value is -1.46. The summed E-state index contributed by atoms with van der Waals surface area (Å²) >= 11 is 12.3. The Morgan fingerprint density at radius 1 is 1.05 bits per heavy atom. The van der Waals surface area contributed by atoms with Crippen LogP contribution in [-0.4, -0.2) is 5.11 Å². The molecule has 0 radical (unpaired) electrons. The molecular formula is C16H12Cl2O. The van der Waals surface area contributed by atoms with Gasteiger partial charge in [0.15, 0.2) is 0 Å². The number of hydrogen-bond donors (Lipinski definition) is 1. The second-order valence-electron chi connectivity index (χ2n) is 4.39. The number of benzene rings is 2. The van der Waals surface area contributed by atoms with Gasteiger partial charge in [-0.2, -0.15) is 0 Å². The molecule has 2 aromatic rings. The molecule has 1 unspecified atom stereocenters. The van der Waals surface area contributed by atoms with Gasteiger partial charge in [-0.25, -0.2) is 0 Å². The van der Waals surface area contributed by atoms with E-state index in [9.17, 15) is 5.11 Å². The second-order valence-corrected chi connectivity index (χ2v) is 5.20. The third-order valence-electron chi connectivity index (χ3n) is 2.98. The Labute approximate surface area is 122 Å². The van der Waals surface area contributed by atoms with E-state index in [4.69, 9.17) is 29.6 Å². The van der Waals surface area contributed by atoms with Gasteiger partial charge in [0.05, 0.1) is 0 Å². The van der Waals surface area contributed by atoms with Gasteiger partial charge in [0.25, 0.3) is 0 Å². The van der Waals surface area contributed by atoms with Crippen molar-refractivity contribution in [2.75, 3.05) is 0 Å². The summed E-state index contributed by atoms with van der Waals surface area (Å²) in [6.45, 7) is 1.57. The van der Waals surface area contributed by atoms with Crippen molar-refractivity contribution in [1.82, 2.24) is 0 Å². The lowest BCUT2D eigenvalue weighted by molar-refractivity contribution is 0.122. The largest absolute Gasteiger partial charge is 0.374 e. The molecule has 3 heteroatoms. The van der Waals surface area contributed by atoms with Gasteiger partial charge >= 0.3 is 0 Å². The molecule has 1 nitrogen and oxygen atoms in total. The summed E-state index contributed by atoms with van der Waals surface area (Å²) in [6.07, 6.45) is 5.29. The molecule has 96 valence electrons. The van der Waals surface area contributed by atoms with Crippen LogP contribution in [0.4, 0.5) is 0 Å². The zero-order chi connectivity index (χ0) is 14.0. The molecule has 0 bridgehead atoms. The van der Waals surface area contributed by atoms with Crippen molar-refractivity contribution in [2.45, 2.75) is 12.5 Å². The van der Waals surface area contributed by atoms with Crippen LogP contribution in [0.3, 0.4) is 0 Å². The molecule has 1 atom stereocenters. The van der Waals surface area contributed by atoms with Crippen LogP contribution in [-0.2, 0) is 5.60 Å². The fourth-order valence-electron chi connectivity index (χ4n) is 1.82. The molecule has 0 heterocycles. The lowest BCUT2D eigenvalue weighted by atomic mass is 9.94. The molecule has 2 rings (SSSR count). The lowest BCUT2D eigenvalue weighted by Gasteiger charge is -2.17. The van der Waals surface area contributed by atoms with Crippen molar-refractivity contribution in [3.05, 3.63) is 58.1 Å². The first kappa shape index (κ1) is 14.0. The van der Waals surface area contributed by atoms with Crippen molar-refractivity contribution in [1.29, 1.82) is 0 Å². The first-order chi connectivity index (χ1) is 8.95. The van der Waals surface area contributed by atoms with Crippen molar-refractivity contribution in [3.8, 4) is 23.5 Å². The van der Waals surface area contributed by atoms with Crippen LogP contribution in [0, 0.1) is 12.3 Å². The molecule has 0 aliphatic rings. The topological polar surface area (TPSA) is 20.2 Å². The average molecular weight is 291 g/mol. The third-order valence-corrected chi connectivity index (χ3v) is 3.61. The Morgan fingerprint density at radius 3 is 2.05 bits per heavy atom. The summed E-state index contributed by atoms with van der Waals surface area (Å²) in [5.74, 6) is 2.34. The van der Waals surface area contributed by atoms with Crippen molar-refractivity contribution >= 4 is 23.2 Å². The first-order valence-corrected chi connectivity index (χ1v) is 6.46. The van der Waals surface area contributed by atoms with Crippen molar-refractivity contribution < 1.29 is 5.11 Å². The quantitative estimate of drug-likeness (QED) is 0.808. The van der Waals surface area contributed by atoms with E-state index in [0.717, 1.165) is 11.1 Å². The third kappa shape index (κ3) is 2.77. The number of halogens is 2. The van der Waals surface area contributed by atoms with E-state index in [1.807, 2.05) is 12.1 Å². The molecule has 0 saturated carbocycles. The predicted molar refractivity (Wildman–Crippen MR) is 80.3 cm³/mol. The Bertz CT molecular complexity index is 617. The minimum atomic E-state index is -1.27. The van der Waals surface area contributed by atoms with Gasteiger partial charge in [0, 0.05) is 15.6 Å². The number of terminal acetylenes is 1. The number of rotatable bonds is 2. The lowest BCUT2D eigenvalue weighted by Crippen LogP contribution is -2.17. The maximum atomic E-state index is 9.98. The normalized spacial score (nSPS) is 13.6. The van der Waals surface area contributed by atoms with E-state index in [-0.39, 0.29) is 0 Å². The second kappa shape index (κ2) is 5.27. The summed E-state index contributed by atoms with van der Waals surface area (Å²) in [4.78, 5) is 0. The highest BCUT2D eigenvalue weighted by Gasteiger charge is 2.19. The van der Waals surface area contributed by atoms with Crippen LogP contribution in [0.5, 0.6) is 0 Å². The first-order valence-electron chi connectivity index (χ1n) is 5.71. The summed E-state index contributed by atoms with van der Waals surface area (Å²) in [6, 6.07) is 12.6. The monoisotopic (exact) mass is 290 g/mol. The minimum Gasteiger partial charge on any atom is -0.374 e. The maximum absolute atomic E-state index is 9.98. The summed E-state index contributed by atoms with van der Waals surface area (Å²) in [5.41, 5.74) is 1.04. The van der Waals surface area contributed by atoms with E-state index >= 15 is 0 Å². The molecule has 0 saturated heterocycles. The summed E-state index contributed by atoms with van der Waals surface area (Å²) < 4.78 is 0. The highest BCUT2D eigenvalue weighted by Crippen LogP contribution is 2.35. The van der Waals surface area contributed by atoms with Crippen molar-refractivity contribution in [2.24, 2.45) is 0 Å². The molecule has 0 aliphatic carbocycles. The van der Waals surface area contributed by atoms with E-state index in [1.165, 1.54) is 0 Å². The van der Waals surface area contributed by atoms with Crippen LogP contribution in [0.1, 0.15) is 12.5 Å². The van der Waals surface area contributed by atoms with Gasteiger partial charge < -0.3 is 5.11 Å².